The van der Waals surface area contributed by atoms with Crippen molar-refractivity contribution in [2.75, 3.05) is 6.54 Å². The van der Waals surface area contributed by atoms with Gasteiger partial charge < -0.3 is 5.11 Å². The van der Waals surface area contributed by atoms with E-state index in [-0.39, 0.29) is 11.5 Å². The Morgan fingerprint density at radius 3 is 2.47 bits per heavy atom. The lowest BCUT2D eigenvalue weighted by Gasteiger charge is -2.37. The zero-order chi connectivity index (χ0) is 11.6. The van der Waals surface area contributed by atoms with Crippen molar-refractivity contribution in [3.05, 3.63) is 0 Å². The van der Waals surface area contributed by atoms with E-state index >= 15 is 0 Å². The fraction of sp³-hybridized carbons (Fsp3) is 1.00. The largest absolute Gasteiger partial charge is 0.393 e. The van der Waals surface area contributed by atoms with Crippen LogP contribution in [0.15, 0.2) is 0 Å². The zero-order valence-corrected chi connectivity index (χ0v) is 11.0. The van der Waals surface area contributed by atoms with Crippen LogP contribution in [0, 0.1) is 5.41 Å². The molecule has 0 saturated carbocycles. The summed E-state index contributed by atoms with van der Waals surface area (Å²) in [6.45, 7) is 11.8. The minimum absolute atomic E-state index is 0.00597. The van der Waals surface area contributed by atoms with E-state index in [1.165, 1.54) is 19.3 Å². The first kappa shape index (κ1) is 13.0. The number of aliphatic hydroxyl groups is 1. The van der Waals surface area contributed by atoms with E-state index in [1.807, 2.05) is 6.92 Å². The molecule has 3 unspecified atom stereocenters. The molecule has 0 spiro atoms. The van der Waals surface area contributed by atoms with Crippen molar-refractivity contribution in [2.24, 2.45) is 5.41 Å². The second kappa shape index (κ2) is 4.84. The molecule has 0 aromatic carbocycles. The summed E-state index contributed by atoms with van der Waals surface area (Å²) >= 11 is 0. The maximum Gasteiger partial charge on any atom is 0.0575 e. The van der Waals surface area contributed by atoms with Crippen molar-refractivity contribution in [3.8, 4) is 0 Å². The fourth-order valence-corrected chi connectivity index (χ4v) is 2.45. The monoisotopic (exact) mass is 213 g/mol. The van der Waals surface area contributed by atoms with Gasteiger partial charge in [0.25, 0.3) is 0 Å². The molecule has 0 aromatic rings. The molecule has 0 radical (unpaired) electrons. The number of hydrogen-bond acceptors (Lipinski definition) is 2. The average Bonchev–Trinajstić information content (AvgIpc) is 2.47. The van der Waals surface area contributed by atoms with E-state index in [0.29, 0.717) is 6.04 Å². The highest BCUT2D eigenvalue weighted by Crippen LogP contribution is 2.31. The van der Waals surface area contributed by atoms with Crippen molar-refractivity contribution >= 4 is 0 Å². The summed E-state index contributed by atoms with van der Waals surface area (Å²) in [5, 5.41) is 9.76. The lowest BCUT2D eigenvalue weighted by Crippen LogP contribution is -2.45. The molecule has 1 saturated heterocycles. The zero-order valence-electron chi connectivity index (χ0n) is 11.0. The van der Waals surface area contributed by atoms with Gasteiger partial charge in [0, 0.05) is 24.0 Å². The van der Waals surface area contributed by atoms with Gasteiger partial charge in [-0.25, -0.2) is 0 Å². The lowest BCUT2D eigenvalue weighted by atomic mass is 9.86. The summed E-state index contributed by atoms with van der Waals surface area (Å²) in [5.74, 6) is 0. The highest BCUT2D eigenvalue weighted by molar-refractivity contribution is 4.89. The first-order chi connectivity index (χ1) is 6.88. The Kier molecular flexibility index (Phi) is 4.19. The van der Waals surface area contributed by atoms with Gasteiger partial charge in [-0.1, -0.05) is 20.8 Å². The Morgan fingerprint density at radius 1 is 1.40 bits per heavy atom. The van der Waals surface area contributed by atoms with E-state index in [4.69, 9.17) is 0 Å². The quantitative estimate of drug-likeness (QED) is 0.776. The maximum absolute atomic E-state index is 9.76. The molecule has 1 N–H and O–H groups in total. The van der Waals surface area contributed by atoms with E-state index in [1.54, 1.807) is 0 Å². The van der Waals surface area contributed by atoms with Crippen LogP contribution in [0.1, 0.15) is 53.9 Å². The van der Waals surface area contributed by atoms with Crippen LogP contribution in [-0.4, -0.2) is 34.7 Å². The molecule has 0 bridgehead atoms. The third-order valence-electron chi connectivity index (χ3n) is 4.15. The van der Waals surface area contributed by atoms with Gasteiger partial charge in [-0.2, -0.15) is 0 Å². The van der Waals surface area contributed by atoms with Gasteiger partial charge in [0.2, 0.25) is 0 Å². The molecule has 1 rings (SSSR count). The van der Waals surface area contributed by atoms with Crippen LogP contribution in [0.4, 0.5) is 0 Å². The third kappa shape index (κ3) is 2.94. The number of likely N-dealkylation sites (tertiary alicyclic amines) is 1. The SMILES string of the molecule is CCC1CCC(C)N1CC(C)(C)C(C)O. The van der Waals surface area contributed by atoms with E-state index < -0.39 is 0 Å². The van der Waals surface area contributed by atoms with Gasteiger partial charge in [-0.15, -0.1) is 0 Å². The maximum atomic E-state index is 9.76. The highest BCUT2D eigenvalue weighted by Gasteiger charge is 2.35. The van der Waals surface area contributed by atoms with E-state index in [2.05, 4.69) is 32.6 Å². The molecule has 1 fully saturated rings. The average molecular weight is 213 g/mol. The highest BCUT2D eigenvalue weighted by atomic mass is 16.3. The van der Waals surface area contributed by atoms with Crippen LogP contribution in [0.5, 0.6) is 0 Å². The molecule has 1 aliphatic heterocycles. The van der Waals surface area contributed by atoms with Gasteiger partial charge in [0.05, 0.1) is 6.10 Å². The molecule has 2 heteroatoms. The van der Waals surface area contributed by atoms with Crippen molar-refractivity contribution < 1.29 is 5.11 Å². The number of aliphatic hydroxyl groups excluding tert-OH is 1. The molecule has 3 atom stereocenters. The molecule has 0 aliphatic carbocycles. The van der Waals surface area contributed by atoms with E-state index in [9.17, 15) is 5.11 Å². The van der Waals surface area contributed by atoms with Crippen LogP contribution >= 0.6 is 0 Å². The topological polar surface area (TPSA) is 23.5 Å². The first-order valence-electron chi connectivity index (χ1n) is 6.32. The Hall–Kier alpha value is -0.0800. The predicted molar refractivity (Wildman–Crippen MR) is 64.9 cm³/mol. The molecule has 1 heterocycles. The van der Waals surface area contributed by atoms with Gasteiger partial charge in [0.15, 0.2) is 0 Å². The Bertz CT molecular complexity index is 201. The summed E-state index contributed by atoms with van der Waals surface area (Å²) < 4.78 is 0. The molecular weight excluding hydrogens is 186 g/mol. The minimum atomic E-state index is -0.234. The molecule has 2 nitrogen and oxygen atoms in total. The molecule has 0 aromatic heterocycles. The van der Waals surface area contributed by atoms with Crippen molar-refractivity contribution in [2.45, 2.75) is 72.1 Å². The van der Waals surface area contributed by atoms with Crippen LogP contribution in [0.3, 0.4) is 0 Å². The van der Waals surface area contributed by atoms with Crippen LogP contribution in [0.25, 0.3) is 0 Å². The molecule has 15 heavy (non-hydrogen) atoms. The summed E-state index contributed by atoms with van der Waals surface area (Å²) in [6, 6.07) is 1.42. The predicted octanol–water partition coefficient (Wildman–Crippen LogP) is 2.66. The standard InChI is InChI=1S/C13H27NO/c1-6-12-8-7-10(2)14(12)9-13(4,5)11(3)15/h10-12,15H,6-9H2,1-5H3. The first-order valence-corrected chi connectivity index (χ1v) is 6.32. The summed E-state index contributed by atoms with van der Waals surface area (Å²) in [7, 11) is 0. The summed E-state index contributed by atoms with van der Waals surface area (Å²) in [5.41, 5.74) is 0.00597. The van der Waals surface area contributed by atoms with Gasteiger partial charge in [-0.3, -0.25) is 4.90 Å². The normalized spacial score (nSPS) is 30.8. The van der Waals surface area contributed by atoms with E-state index in [0.717, 1.165) is 12.6 Å². The van der Waals surface area contributed by atoms with Crippen LogP contribution < -0.4 is 0 Å². The molecule has 90 valence electrons. The molecular formula is C13H27NO. The summed E-state index contributed by atoms with van der Waals surface area (Å²) in [4.78, 5) is 2.59. The smallest absolute Gasteiger partial charge is 0.0575 e. The van der Waals surface area contributed by atoms with Gasteiger partial charge in [0.1, 0.15) is 0 Å². The number of rotatable bonds is 4. The Labute approximate surface area is 94.7 Å². The Morgan fingerprint density at radius 2 is 2.00 bits per heavy atom. The second-order valence-electron chi connectivity index (χ2n) is 5.83. The fourth-order valence-electron chi connectivity index (χ4n) is 2.45. The Balaban J connectivity index is 2.62. The van der Waals surface area contributed by atoms with Gasteiger partial charge in [-0.05, 0) is 33.1 Å². The second-order valence-corrected chi connectivity index (χ2v) is 5.83. The molecule has 1 aliphatic rings. The van der Waals surface area contributed by atoms with Crippen molar-refractivity contribution in [1.82, 2.24) is 4.90 Å². The number of hydrogen-bond donors (Lipinski definition) is 1. The number of nitrogens with zero attached hydrogens (tertiary/aromatic N) is 1. The van der Waals surface area contributed by atoms with Gasteiger partial charge >= 0.3 is 0 Å². The minimum Gasteiger partial charge on any atom is -0.393 e. The van der Waals surface area contributed by atoms with Crippen molar-refractivity contribution in [1.29, 1.82) is 0 Å². The molecule has 0 amide bonds. The van der Waals surface area contributed by atoms with Crippen molar-refractivity contribution in [3.63, 3.8) is 0 Å². The lowest BCUT2D eigenvalue weighted by molar-refractivity contribution is 0.0211. The third-order valence-corrected chi connectivity index (χ3v) is 4.15. The van der Waals surface area contributed by atoms with Crippen LogP contribution in [-0.2, 0) is 0 Å². The summed E-state index contributed by atoms with van der Waals surface area (Å²) in [6.07, 6.45) is 3.64. The van der Waals surface area contributed by atoms with Crippen LogP contribution in [0.2, 0.25) is 0 Å².